The second-order valence-corrected chi connectivity index (χ2v) is 10.6. The molecule has 0 bridgehead atoms. The number of benzene rings is 3. The summed E-state index contributed by atoms with van der Waals surface area (Å²) in [7, 11) is 0. The van der Waals surface area contributed by atoms with E-state index in [4.69, 9.17) is 21.1 Å². The first-order valence-corrected chi connectivity index (χ1v) is 13.9. The number of amides is 1. The van der Waals surface area contributed by atoms with Crippen LogP contribution in [-0.4, -0.2) is 32.7 Å². The predicted molar refractivity (Wildman–Crippen MR) is 158 cm³/mol. The van der Waals surface area contributed by atoms with Gasteiger partial charge in [-0.1, -0.05) is 47.0 Å². The average Bonchev–Trinajstić information content (AvgIpc) is 3.39. The smallest absolute Gasteiger partial charge is 0.255 e. The summed E-state index contributed by atoms with van der Waals surface area (Å²) in [6.07, 6.45) is 0. The number of halogens is 2. The number of tetrazole rings is 1. The molecule has 1 aromatic heterocycles. The van der Waals surface area contributed by atoms with Gasteiger partial charge in [0.2, 0.25) is 5.95 Å². The molecule has 0 spiro atoms. The van der Waals surface area contributed by atoms with Gasteiger partial charge in [0.1, 0.15) is 12.6 Å². The molecule has 0 saturated carbocycles. The third-order valence-electron chi connectivity index (χ3n) is 6.79. The first-order valence-electron chi connectivity index (χ1n) is 12.7. The highest BCUT2D eigenvalue weighted by molar-refractivity contribution is 9.10. The van der Waals surface area contributed by atoms with E-state index in [9.17, 15) is 4.79 Å². The van der Waals surface area contributed by atoms with E-state index in [2.05, 4.69) is 42.1 Å². The topological polar surface area (TPSA) is 103 Å². The Bertz CT molecular complexity index is 1620. The van der Waals surface area contributed by atoms with Crippen LogP contribution in [0.4, 0.5) is 11.6 Å². The molecular formula is C29H28BrClN6O3. The monoisotopic (exact) mass is 622 g/mol. The second-order valence-electron chi connectivity index (χ2n) is 9.36. The molecule has 1 aliphatic heterocycles. The van der Waals surface area contributed by atoms with Gasteiger partial charge in [-0.05, 0) is 95.0 Å². The number of allylic oxidation sites excluding steroid dienone is 1. The molecule has 1 unspecified atom stereocenters. The van der Waals surface area contributed by atoms with E-state index in [1.165, 1.54) is 0 Å². The fourth-order valence-electron chi connectivity index (χ4n) is 4.60. The average molecular weight is 624 g/mol. The molecule has 1 aliphatic rings. The first kappa shape index (κ1) is 27.7. The molecule has 5 rings (SSSR count). The van der Waals surface area contributed by atoms with Crippen LogP contribution >= 0.6 is 27.5 Å². The molecule has 11 heteroatoms. The number of carbonyl (C=O) groups excluding carboxylic acids is 1. The van der Waals surface area contributed by atoms with Crippen molar-refractivity contribution < 1.29 is 14.3 Å². The van der Waals surface area contributed by atoms with Gasteiger partial charge in [-0.25, -0.2) is 0 Å². The molecule has 0 aliphatic carbocycles. The van der Waals surface area contributed by atoms with Gasteiger partial charge in [-0.15, -0.1) is 0 Å². The summed E-state index contributed by atoms with van der Waals surface area (Å²) in [6, 6.07) is 16.4. The lowest BCUT2D eigenvalue weighted by atomic mass is 9.94. The van der Waals surface area contributed by atoms with Crippen molar-refractivity contribution in [3.05, 3.63) is 97.6 Å². The van der Waals surface area contributed by atoms with Gasteiger partial charge < -0.3 is 20.1 Å². The van der Waals surface area contributed by atoms with Gasteiger partial charge in [0, 0.05) is 22.0 Å². The van der Waals surface area contributed by atoms with Gasteiger partial charge in [-0.3, -0.25) is 4.79 Å². The molecular weight excluding hydrogens is 596 g/mol. The van der Waals surface area contributed by atoms with Crippen LogP contribution in [0.2, 0.25) is 5.02 Å². The number of aromatic nitrogens is 4. The Morgan fingerprint density at radius 1 is 1.12 bits per heavy atom. The molecule has 206 valence electrons. The Morgan fingerprint density at radius 2 is 1.93 bits per heavy atom. The van der Waals surface area contributed by atoms with Crippen LogP contribution in [0.5, 0.6) is 11.5 Å². The van der Waals surface area contributed by atoms with Crippen molar-refractivity contribution in [1.82, 2.24) is 20.2 Å². The van der Waals surface area contributed by atoms with Crippen molar-refractivity contribution in [1.29, 1.82) is 0 Å². The minimum Gasteiger partial charge on any atom is -0.490 e. The van der Waals surface area contributed by atoms with Crippen molar-refractivity contribution in [2.24, 2.45) is 0 Å². The van der Waals surface area contributed by atoms with E-state index in [1.54, 1.807) is 4.68 Å². The van der Waals surface area contributed by atoms with E-state index >= 15 is 0 Å². The number of hydrogen-bond acceptors (Lipinski definition) is 7. The van der Waals surface area contributed by atoms with Gasteiger partial charge in [0.05, 0.1) is 16.7 Å². The van der Waals surface area contributed by atoms with Crippen LogP contribution in [-0.2, 0) is 11.4 Å². The Morgan fingerprint density at radius 3 is 2.70 bits per heavy atom. The summed E-state index contributed by atoms with van der Waals surface area (Å²) in [5.74, 6) is 1.20. The lowest BCUT2D eigenvalue weighted by Gasteiger charge is -2.29. The highest BCUT2D eigenvalue weighted by atomic mass is 79.9. The van der Waals surface area contributed by atoms with Crippen LogP contribution < -0.4 is 20.1 Å². The van der Waals surface area contributed by atoms with Crippen LogP contribution in [0.15, 0.2) is 70.3 Å². The third-order valence-corrected chi connectivity index (χ3v) is 7.75. The number of ether oxygens (including phenoxy) is 2. The van der Waals surface area contributed by atoms with E-state index in [0.29, 0.717) is 44.8 Å². The predicted octanol–water partition coefficient (Wildman–Crippen LogP) is 6.61. The number of carbonyl (C=O) groups is 1. The molecule has 4 aromatic rings. The molecule has 3 aromatic carbocycles. The number of hydrogen-bond donors (Lipinski definition) is 2. The van der Waals surface area contributed by atoms with E-state index in [1.807, 2.05) is 82.3 Å². The number of nitrogens with one attached hydrogen (secondary N) is 2. The Kier molecular flexibility index (Phi) is 8.09. The molecule has 1 amide bonds. The Balaban J connectivity index is 1.55. The summed E-state index contributed by atoms with van der Waals surface area (Å²) in [5.41, 5.74) is 5.53. The molecule has 0 saturated heterocycles. The Hall–Kier alpha value is -3.89. The summed E-state index contributed by atoms with van der Waals surface area (Å²) in [4.78, 5) is 13.8. The molecule has 2 heterocycles. The molecule has 1 atom stereocenters. The highest BCUT2D eigenvalue weighted by Gasteiger charge is 2.35. The first-order chi connectivity index (χ1) is 19.3. The summed E-state index contributed by atoms with van der Waals surface area (Å²) < 4.78 is 14.4. The second kappa shape index (κ2) is 11.7. The van der Waals surface area contributed by atoms with Crippen LogP contribution in [0.3, 0.4) is 0 Å². The zero-order valence-electron chi connectivity index (χ0n) is 22.5. The molecule has 2 N–H and O–H groups in total. The maximum atomic E-state index is 13.8. The lowest BCUT2D eigenvalue weighted by Crippen LogP contribution is -2.31. The number of nitrogens with zero attached hydrogens (tertiary/aromatic N) is 4. The quantitative estimate of drug-likeness (QED) is 0.228. The number of aryl methyl sites for hydroxylation is 1. The van der Waals surface area contributed by atoms with Crippen molar-refractivity contribution >= 4 is 45.1 Å². The van der Waals surface area contributed by atoms with Gasteiger partial charge in [-0.2, -0.15) is 4.68 Å². The summed E-state index contributed by atoms with van der Waals surface area (Å²) in [6.45, 7) is 8.39. The van der Waals surface area contributed by atoms with Gasteiger partial charge in [0.15, 0.2) is 11.5 Å². The maximum Gasteiger partial charge on any atom is 0.255 e. The largest absolute Gasteiger partial charge is 0.490 e. The number of fused-ring (bicyclic) bond motifs is 1. The highest BCUT2D eigenvalue weighted by Crippen LogP contribution is 2.43. The SMILES string of the molecule is CCOc1cc(C2C(C(=O)Nc3cccc(C)c3C)=C(C)Nc3nnnn32)cc(Br)c1OCc1ccccc1Cl. The summed E-state index contributed by atoms with van der Waals surface area (Å²) >= 11 is 10.0. The lowest BCUT2D eigenvalue weighted by molar-refractivity contribution is -0.113. The van der Waals surface area contributed by atoms with Crippen molar-refractivity contribution in [2.45, 2.75) is 40.3 Å². The van der Waals surface area contributed by atoms with Crippen LogP contribution in [0.1, 0.15) is 42.1 Å². The number of anilines is 2. The third kappa shape index (κ3) is 5.41. The van der Waals surface area contributed by atoms with Crippen LogP contribution in [0, 0.1) is 13.8 Å². The van der Waals surface area contributed by atoms with Crippen molar-refractivity contribution in [3.8, 4) is 11.5 Å². The summed E-state index contributed by atoms with van der Waals surface area (Å²) in [5, 5.41) is 19.0. The fourth-order valence-corrected chi connectivity index (χ4v) is 5.37. The molecule has 9 nitrogen and oxygen atoms in total. The van der Waals surface area contributed by atoms with E-state index in [0.717, 1.165) is 27.9 Å². The molecule has 0 fully saturated rings. The van der Waals surface area contributed by atoms with Gasteiger partial charge in [0.25, 0.3) is 5.91 Å². The van der Waals surface area contributed by atoms with Crippen LogP contribution in [0.25, 0.3) is 0 Å². The van der Waals surface area contributed by atoms with Gasteiger partial charge >= 0.3 is 0 Å². The van der Waals surface area contributed by atoms with E-state index < -0.39 is 6.04 Å². The molecule has 0 radical (unpaired) electrons. The Labute approximate surface area is 245 Å². The standard InChI is InChI=1S/C29H28BrClN6O3/c1-5-39-24-14-20(13-21(30)27(24)40-15-19-10-6-7-11-22(19)31)26-25(18(4)32-29-34-35-36-37(26)29)28(38)33-23-12-8-9-16(2)17(23)3/h6-14,26H,5,15H2,1-4H3,(H,33,38)(H,32,34,36). The maximum absolute atomic E-state index is 13.8. The minimum atomic E-state index is -0.635. The van der Waals surface area contributed by atoms with Crippen molar-refractivity contribution in [2.75, 3.05) is 17.2 Å². The zero-order chi connectivity index (χ0) is 28.4. The zero-order valence-corrected chi connectivity index (χ0v) is 24.8. The van der Waals surface area contributed by atoms with E-state index in [-0.39, 0.29) is 12.5 Å². The minimum absolute atomic E-state index is 0.255. The molecule has 40 heavy (non-hydrogen) atoms. The number of rotatable bonds is 8. The normalized spacial score (nSPS) is 14.4. The fraction of sp³-hybridized carbons (Fsp3) is 0.241. The van der Waals surface area contributed by atoms with Crippen molar-refractivity contribution in [3.63, 3.8) is 0 Å².